The van der Waals surface area contributed by atoms with Gasteiger partial charge in [-0.15, -0.1) is 0 Å². The Labute approximate surface area is 119 Å². The lowest BCUT2D eigenvalue weighted by Gasteiger charge is -2.11. The molecule has 2 heterocycles. The number of aryl methyl sites for hydroxylation is 2. The second kappa shape index (κ2) is 6.43. The molecule has 0 atom stereocenters. The van der Waals surface area contributed by atoms with Gasteiger partial charge in [-0.1, -0.05) is 13.8 Å². The number of nitrogens with one attached hydrogen (secondary N) is 1. The molecule has 0 unspecified atom stereocenters. The van der Waals surface area contributed by atoms with Gasteiger partial charge in [0.25, 0.3) is 0 Å². The Balaban J connectivity index is 2.11. The van der Waals surface area contributed by atoms with Crippen molar-refractivity contribution < 1.29 is 4.74 Å². The number of aromatic nitrogens is 3. The highest BCUT2D eigenvalue weighted by Crippen LogP contribution is 2.20. The topological polar surface area (TPSA) is 59.9 Å². The number of nitrogens with zero attached hydrogens (tertiary/aromatic N) is 3. The molecule has 1 N–H and O–H groups in total. The summed E-state index contributed by atoms with van der Waals surface area (Å²) in [7, 11) is 0. The Morgan fingerprint density at radius 1 is 1.20 bits per heavy atom. The highest BCUT2D eigenvalue weighted by molar-refractivity contribution is 5.29. The number of ether oxygens (including phenoxy) is 1. The fourth-order valence-electron chi connectivity index (χ4n) is 1.68. The standard InChI is InChI=1S/C15H20N4O/c1-10(2)17-8-13-9-18-15(19-11(13)3)20-14-6-5-7-16-12(14)4/h5-7,9-10,17H,8H2,1-4H3. The van der Waals surface area contributed by atoms with Crippen molar-refractivity contribution >= 4 is 0 Å². The molecule has 2 aromatic rings. The van der Waals surface area contributed by atoms with Gasteiger partial charge in [0.2, 0.25) is 0 Å². The van der Waals surface area contributed by atoms with Crippen molar-refractivity contribution in [3.8, 4) is 11.8 Å². The van der Waals surface area contributed by atoms with Crippen LogP contribution in [0.2, 0.25) is 0 Å². The van der Waals surface area contributed by atoms with Crippen LogP contribution in [0.5, 0.6) is 11.8 Å². The zero-order valence-electron chi connectivity index (χ0n) is 12.3. The maximum Gasteiger partial charge on any atom is 0.322 e. The Kier molecular flexibility index (Phi) is 4.63. The molecule has 5 heteroatoms. The Morgan fingerprint density at radius 3 is 2.65 bits per heavy atom. The lowest BCUT2D eigenvalue weighted by atomic mass is 10.2. The van der Waals surface area contributed by atoms with Crippen LogP contribution in [0.15, 0.2) is 24.5 Å². The first-order valence-electron chi connectivity index (χ1n) is 6.71. The zero-order valence-corrected chi connectivity index (χ0v) is 12.3. The highest BCUT2D eigenvalue weighted by atomic mass is 16.5. The molecule has 5 nitrogen and oxygen atoms in total. The third-order valence-corrected chi connectivity index (χ3v) is 2.92. The van der Waals surface area contributed by atoms with Crippen molar-refractivity contribution in [1.29, 1.82) is 0 Å². The summed E-state index contributed by atoms with van der Waals surface area (Å²) < 4.78 is 5.67. The van der Waals surface area contributed by atoms with E-state index in [1.54, 1.807) is 12.4 Å². The predicted octanol–water partition coefficient (Wildman–Crippen LogP) is 2.78. The van der Waals surface area contributed by atoms with Gasteiger partial charge in [0.05, 0.1) is 5.69 Å². The van der Waals surface area contributed by atoms with E-state index in [0.717, 1.165) is 23.5 Å². The van der Waals surface area contributed by atoms with Gasteiger partial charge in [0, 0.05) is 36.2 Å². The summed E-state index contributed by atoms with van der Waals surface area (Å²) in [4.78, 5) is 12.8. The van der Waals surface area contributed by atoms with Crippen LogP contribution < -0.4 is 10.1 Å². The van der Waals surface area contributed by atoms with E-state index in [-0.39, 0.29) is 0 Å². The molecule has 2 aromatic heterocycles. The molecular formula is C15H20N4O. The fourth-order valence-corrected chi connectivity index (χ4v) is 1.68. The van der Waals surface area contributed by atoms with Crippen molar-refractivity contribution in [2.24, 2.45) is 0 Å². The van der Waals surface area contributed by atoms with Crippen LogP contribution in [0.1, 0.15) is 30.8 Å². The third-order valence-electron chi connectivity index (χ3n) is 2.92. The average molecular weight is 272 g/mol. The Bertz CT molecular complexity index is 584. The normalized spacial score (nSPS) is 10.8. The summed E-state index contributed by atoms with van der Waals surface area (Å²) >= 11 is 0. The molecule has 2 rings (SSSR count). The molecule has 0 aliphatic heterocycles. The Morgan fingerprint density at radius 2 is 2.00 bits per heavy atom. The predicted molar refractivity (Wildman–Crippen MR) is 77.8 cm³/mol. The van der Waals surface area contributed by atoms with Crippen LogP contribution in [0, 0.1) is 13.8 Å². The van der Waals surface area contributed by atoms with E-state index < -0.39 is 0 Å². The van der Waals surface area contributed by atoms with Crippen LogP contribution >= 0.6 is 0 Å². The first-order valence-corrected chi connectivity index (χ1v) is 6.71. The van der Waals surface area contributed by atoms with E-state index in [9.17, 15) is 0 Å². The molecule has 0 aromatic carbocycles. The average Bonchev–Trinajstić information content (AvgIpc) is 2.40. The van der Waals surface area contributed by atoms with E-state index in [1.807, 2.05) is 26.0 Å². The minimum absolute atomic E-state index is 0.354. The summed E-state index contributed by atoms with van der Waals surface area (Å²) in [6.07, 6.45) is 3.54. The van der Waals surface area contributed by atoms with Crippen LogP contribution in [0.25, 0.3) is 0 Å². The molecule has 0 saturated heterocycles. The third kappa shape index (κ3) is 3.74. The van der Waals surface area contributed by atoms with Crippen molar-refractivity contribution in [3.63, 3.8) is 0 Å². The molecular weight excluding hydrogens is 252 g/mol. The minimum Gasteiger partial charge on any atom is -0.422 e. The van der Waals surface area contributed by atoms with E-state index in [4.69, 9.17) is 4.74 Å². The lowest BCUT2D eigenvalue weighted by molar-refractivity contribution is 0.433. The molecule has 0 aliphatic carbocycles. The molecule has 0 fully saturated rings. The number of hydrogen-bond acceptors (Lipinski definition) is 5. The SMILES string of the molecule is Cc1nc(Oc2cccnc2C)ncc1CNC(C)C. The van der Waals surface area contributed by atoms with E-state index >= 15 is 0 Å². The number of hydrogen-bond donors (Lipinski definition) is 1. The Hall–Kier alpha value is -2.01. The van der Waals surface area contributed by atoms with Crippen LogP contribution in [0.3, 0.4) is 0 Å². The highest BCUT2D eigenvalue weighted by Gasteiger charge is 2.07. The largest absolute Gasteiger partial charge is 0.422 e. The molecule has 0 spiro atoms. The molecule has 0 saturated carbocycles. The minimum atomic E-state index is 0.354. The fraction of sp³-hybridized carbons (Fsp3) is 0.400. The van der Waals surface area contributed by atoms with E-state index in [0.29, 0.717) is 17.8 Å². The molecule has 0 amide bonds. The quantitative estimate of drug-likeness (QED) is 0.907. The maximum absolute atomic E-state index is 5.67. The second-order valence-corrected chi connectivity index (χ2v) is 4.99. The van der Waals surface area contributed by atoms with Gasteiger partial charge in [0.1, 0.15) is 0 Å². The van der Waals surface area contributed by atoms with Crippen molar-refractivity contribution in [1.82, 2.24) is 20.3 Å². The molecule has 106 valence electrons. The van der Waals surface area contributed by atoms with E-state index in [2.05, 4.69) is 34.1 Å². The maximum atomic E-state index is 5.67. The molecule has 20 heavy (non-hydrogen) atoms. The monoisotopic (exact) mass is 272 g/mol. The van der Waals surface area contributed by atoms with Crippen LogP contribution in [0.4, 0.5) is 0 Å². The van der Waals surface area contributed by atoms with Gasteiger partial charge in [-0.2, -0.15) is 4.98 Å². The van der Waals surface area contributed by atoms with Gasteiger partial charge >= 0.3 is 6.01 Å². The van der Waals surface area contributed by atoms with Gasteiger partial charge in [-0.3, -0.25) is 4.98 Å². The van der Waals surface area contributed by atoms with Crippen LogP contribution in [-0.2, 0) is 6.54 Å². The number of rotatable bonds is 5. The van der Waals surface area contributed by atoms with Crippen molar-refractivity contribution in [2.75, 3.05) is 0 Å². The summed E-state index contributed by atoms with van der Waals surface area (Å²) in [5, 5.41) is 3.35. The van der Waals surface area contributed by atoms with Crippen molar-refractivity contribution in [2.45, 2.75) is 40.3 Å². The lowest BCUT2D eigenvalue weighted by Crippen LogP contribution is -2.22. The summed E-state index contributed by atoms with van der Waals surface area (Å²) in [5.41, 5.74) is 2.82. The number of pyridine rings is 1. The summed E-state index contributed by atoms with van der Waals surface area (Å²) in [5.74, 6) is 0.681. The first-order chi connectivity index (χ1) is 9.56. The summed E-state index contributed by atoms with van der Waals surface area (Å²) in [6.45, 7) is 8.83. The van der Waals surface area contributed by atoms with Gasteiger partial charge in [-0.05, 0) is 26.0 Å². The second-order valence-electron chi connectivity index (χ2n) is 4.99. The molecule has 0 radical (unpaired) electrons. The molecule has 0 bridgehead atoms. The smallest absolute Gasteiger partial charge is 0.322 e. The zero-order chi connectivity index (χ0) is 14.5. The summed E-state index contributed by atoms with van der Waals surface area (Å²) in [6, 6.07) is 4.47. The van der Waals surface area contributed by atoms with Gasteiger partial charge in [-0.25, -0.2) is 4.98 Å². The first kappa shape index (κ1) is 14.4. The van der Waals surface area contributed by atoms with Crippen molar-refractivity contribution in [3.05, 3.63) is 41.5 Å². The van der Waals surface area contributed by atoms with Gasteiger partial charge < -0.3 is 10.1 Å². The molecule has 0 aliphatic rings. The van der Waals surface area contributed by atoms with Gasteiger partial charge in [0.15, 0.2) is 5.75 Å². The van der Waals surface area contributed by atoms with Crippen LogP contribution in [-0.4, -0.2) is 21.0 Å². The van der Waals surface area contributed by atoms with E-state index in [1.165, 1.54) is 0 Å².